The van der Waals surface area contributed by atoms with Crippen LogP contribution in [0.4, 0.5) is 4.79 Å². The number of fused-ring (bicyclic) bond motifs is 3. The van der Waals surface area contributed by atoms with Gasteiger partial charge in [-0.25, -0.2) is 9.59 Å². The Hall–Kier alpha value is -3.39. The third kappa shape index (κ3) is 5.90. The molecule has 0 aliphatic heterocycles. The maximum Gasteiger partial charge on any atom is 0.407 e. The Morgan fingerprint density at radius 1 is 1.03 bits per heavy atom. The zero-order valence-corrected chi connectivity index (χ0v) is 19.0. The van der Waals surface area contributed by atoms with Crippen LogP contribution in [0.1, 0.15) is 50.7 Å². The topological polar surface area (TPSA) is 125 Å². The molecule has 2 aromatic rings. The van der Waals surface area contributed by atoms with Crippen molar-refractivity contribution >= 4 is 18.0 Å². The highest BCUT2D eigenvalue weighted by Crippen LogP contribution is 2.44. The van der Waals surface area contributed by atoms with E-state index in [1.165, 1.54) is 6.92 Å². The van der Waals surface area contributed by atoms with Crippen LogP contribution in [0.15, 0.2) is 48.5 Å². The molecule has 3 rings (SSSR count). The van der Waals surface area contributed by atoms with Gasteiger partial charge in [-0.2, -0.15) is 0 Å². The molecule has 33 heavy (non-hydrogen) atoms. The molecule has 8 heteroatoms. The highest BCUT2D eigenvalue weighted by Gasteiger charge is 2.30. The van der Waals surface area contributed by atoms with Gasteiger partial charge in [-0.15, -0.1) is 0 Å². The van der Waals surface area contributed by atoms with E-state index in [1.807, 2.05) is 36.4 Å². The van der Waals surface area contributed by atoms with Gasteiger partial charge in [0.25, 0.3) is 0 Å². The van der Waals surface area contributed by atoms with Crippen LogP contribution < -0.4 is 10.6 Å². The Kier molecular flexibility index (Phi) is 7.38. The quantitative estimate of drug-likeness (QED) is 0.462. The van der Waals surface area contributed by atoms with Gasteiger partial charge >= 0.3 is 12.1 Å². The second kappa shape index (κ2) is 10.0. The molecule has 176 valence electrons. The van der Waals surface area contributed by atoms with Crippen molar-refractivity contribution in [3.63, 3.8) is 0 Å². The number of carbonyl (C=O) groups excluding carboxylic acids is 2. The predicted molar refractivity (Wildman–Crippen MR) is 123 cm³/mol. The zero-order chi connectivity index (χ0) is 24.2. The van der Waals surface area contributed by atoms with Crippen molar-refractivity contribution in [2.24, 2.45) is 0 Å². The summed E-state index contributed by atoms with van der Waals surface area (Å²) in [4.78, 5) is 35.7. The third-order valence-corrected chi connectivity index (χ3v) is 5.83. The molecule has 2 amide bonds. The molecule has 0 bridgehead atoms. The number of aliphatic hydroxyl groups excluding tert-OH is 1. The molecule has 0 aromatic heterocycles. The molecule has 0 heterocycles. The van der Waals surface area contributed by atoms with Gasteiger partial charge in [0.2, 0.25) is 5.91 Å². The molecular formula is C25H30N2O6. The van der Waals surface area contributed by atoms with Crippen LogP contribution in [-0.4, -0.2) is 52.5 Å². The monoisotopic (exact) mass is 454 g/mol. The Morgan fingerprint density at radius 3 is 2.09 bits per heavy atom. The minimum Gasteiger partial charge on any atom is -0.480 e. The first kappa shape index (κ1) is 24.3. The first-order valence-electron chi connectivity index (χ1n) is 10.9. The molecule has 2 atom stereocenters. The SMILES string of the molecule is C[C@@H](O)[C@H](NC(=O)CCC(C)(C)NC(=O)OCC1c2ccccc2-c2ccccc21)C(=O)O. The summed E-state index contributed by atoms with van der Waals surface area (Å²) in [5.74, 6) is -1.88. The molecule has 2 aromatic carbocycles. The van der Waals surface area contributed by atoms with Crippen LogP contribution in [0.2, 0.25) is 0 Å². The highest BCUT2D eigenvalue weighted by atomic mass is 16.5. The summed E-state index contributed by atoms with van der Waals surface area (Å²) in [5, 5.41) is 23.6. The fraction of sp³-hybridized carbons (Fsp3) is 0.400. The smallest absolute Gasteiger partial charge is 0.407 e. The second-order valence-electron chi connectivity index (χ2n) is 8.96. The van der Waals surface area contributed by atoms with Crippen molar-refractivity contribution < 1.29 is 29.3 Å². The van der Waals surface area contributed by atoms with Gasteiger partial charge in [-0.3, -0.25) is 4.79 Å². The van der Waals surface area contributed by atoms with Crippen LogP contribution >= 0.6 is 0 Å². The molecule has 1 aliphatic rings. The summed E-state index contributed by atoms with van der Waals surface area (Å²) < 4.78 is 5.55. The largest absolute Gasteiger partial charge is 0.480 e. The fourth-order valence-electron chi connectivity index (χ4n) is 4.03. The highest BCUT2D eigenvalue weighted by molar-refractivity contribution is 5.84. The number of carboxylic acids is 1. The minimum atomic E-state index is -1.38. The number of carbonyl (C=O) groups is 3. The lowest BCUT2D eigenvalue weighted by Crippen LogP contribution is -2.49. The summed E-state index contributed by atoms with van der Waals surface area (Å²) in [6.45, 7) is 4.99. The normalized spacial score (nSPS) is 14.5. The van der Waals surface area contributed by atoms with Gasteiger partial charge in [-0.05, 0) is 49.4 Å². The van der Waals surface area contributed by atoms with Crippen molar-refractivity contribution in [1.29, 1.82) is 0 Å². The van der Waals surface area contributed by atoms with Crippen LogP contribution in [0.25, 0.3) is 11.1 Å². The number of aliphatic carboxylic acids is 1. The number of hydrogen-bond acceptors (Lipinski definition) is 5. The molecule has 1 aliphatic carbocycles. The predicted octanol–water partition coefficient (Wildman–Crippen LogP) is 3.03. The van der Waals surface area contributed by atoms with Crippen molar-refractivity contribution in [2.45, 2.75) is 57.2 Å². The molecule has 0 fully saturated rings. The van der Waals surface area contributed by atoms with Crippen molar-refractivity contribution in [3.8, 4) is 11.1 Å². The first-order chi connectivity index (χ1) is 15.6. The number of carboxylic acid groups (broad SMARTS) is 1. The Labute approximate surface area is 193 Å². The van der Waals surface area contributed by atoms with E-state index in [0.29, 0.717) is 0 Å². The molecule has 0 radical (unpaired) electrons. The molecule has 0 unspecified atom stereocenters. The Balaban J connectivity index is 1.53. The molecular weight excluding hydrogens is 424 g/mol. The van der Waals surface area contributed by atoms with Gasteiger partial charge in [0.05, 0.1) is 6.10 Å². The second-order valence-corrected chi connectivity index (χ2v) is 8.96. The summed E-state index contributed by atoms with van der Waals surface area (Å²) >= 11 is 0. The van der Waals surface area contributed by atoms with E-state index in [1.54, 1.807) is 13.8 Å². The summed E-state index contributed by atoms with van der Waals surface area (Å²) in [6.07, 6.45) is -1.57. The maximum atomic E-state index is 12.5. The maximum absolute atomic E-state index is 12.5. The number of rotatable bonds is 9. The van der Waals surface area contributed by atoms with E-state index in [4.69, 9.17) is 9.84 Å². The van der Waals surface area contributed by atoms with E-state index < -0.39 is 35.7 Å². The van der Waals surface area contributed by atoms with Gasteiger partial charge in [0, 0.05) is 17.9 Å². The van der Waals surface area contributed by atoms with E-state index in [9.17, 15) is 19.5 Å². The van der Waals surface area contributed by atoms with Crippen molar-refractivity contribution in [2.75, 3.05) is 6.61 Å². The molecule has 4 N–H and O–H groups in total. The van der Waals surface area contributed by atoms with E-state index in [2.05, 4.69) is 22.8 Å². The lowest BCUT2D eigenvalue weighted by molar-refractivity contribution is -0.144. The summed E-state index contributed by atoms with van der Waals surface area (Å²) in [7, 11) is 0. The Morgan fingerprint density at radius 2 is 1.58 bits per heavy atom. The number of benzene rings is 2. The van der Waals surface area contributed by atoms with E-state index in [0.717, 1.165) is 22.3 Å². The van der Waals surface area contributed by atoms with Crippen LogP contribution in [0, 0.1) is 0 Å². The number of ether oxygens (including phenoxy) is 1. The van der Waals surface area contributed by atoms with Crippen molar-refractivity contribution in [3.05, 3.63) is 59.7 Å². The molecule has 0 saturated heterocycles. The molecule has 8 nitrogen and oxygen atoms in total. The van der Waals surface area contributed by atoms with E-state index in [-0.39, 0.29) is 25.4 Å². The van der Waals surface area contributed by atoms with E-state index >= 15 is 0 Å². The van der Waals surface area contributed by atoms with Crippen molar-refractivity contribution in [1.82, 2.24) is 10.6 Å². The molecule has 0 saturated carbocycles. The number of alkyl carbamates (subject to hydrolysis) is 1. The zero-order valence-electron chi connectivity index (χ0n) is 19.0. The number of hydrogen-bond donors (Lipinski definition) is 4. The average Bonchev–Trinajstić information content (AvgIpc) is 3.08. The van der Waals surface area contributed by atoms with Gasteiger partial charge in [0.15, 0.2) is 6.04 Å². The van der Waals surface area contributed by atoms with Gasteiger partial charge in [0.1, 0.15) is 6.61 Å². The standard InChI is InChI=1S/C25H30N2O6/c1-15(28)22(23(30)31)26-21(29)12-13-25(2,3)27-24(32)33-14-20-18-10-6-4-8-16(18)17-9-5-7-11-19(17)20/h4-11,15,20,22,28H,12-14H2,1-3H3,(H,26,29)(H,27,32)(H,30,31)/t15-,22+/m1/s1. The van der Waals surface area contributed by atoms with Crippen LogP contribution in [0.3, 0.4) is 0 Å². The summed E-state index contributed by atoms with van der Waals surface area (Å²) in [5.41, 5.74) is 3.77. The third-order valence-electron chi connectivity index (χ3n) is 5.83. The number of aliphatic hydroxyl groups is 1. The lowest BCUT2D eigenvalue weighted by Gasteiger charge is -2.26. The number of nitrogens with one attached hydrogen (secondary N) is 2. The summed E-state index contributed by atoms with van der Waals surface area (Å²) in [6, 6.07) is 14.8. The lowest BCUT2D eigenvalue weighted by atomic mass is 9.98. The fourth-order valence-corrected chi connectivity index (χ4v) is 4.03. The van der Waals surface area contributed by atoms with Crippen LogP contribution in [0.5, 0.6) is 0 Å². The first-order valence-corrected chi connectivity index (χ1v) is 10.9. The molecule has 0 spiro atoms. The van der Waals surface area contributed by atoms with Crippen LogP contribution in [-0.2, 0) is 14.3 Å². The minimum absolute atomic E-state index is 0.0207. The number of amides is 2. The van der Waals surface area contributed by atoms with Gasteiger partial charge in [-0.1, -0.05) is 48.5 Å². The Bertz CT molecular complexity index is 988. The van der Waals surface area contributed by atoms with Gasteiger partial charge < -0.3 is 25.6 Å². The average molecular weight is 455 g/mol.